The molecule has 0 aromatic heterocycles. The van der Waals surface area contributed by atoms with E-state index in [1.807, 2.05) is 0 Å². The Kier molecular flexibility index (Phi) is 7.43. The molecule has 1 fully saturated rings. The normalized spacial score (nSPS) is 17.8. The minimum absolute atomic E-state index is 0. The first kappa shape index (κ1) is 13.0. The molecule has 1 rings (SSSR count). The number of hydrogen-bond acceptors (Lipinski definition) is 3. The zero-order chi connectivity index (χ0) is 8.81. The summed E-state index contributed by atoms with van der Waals surface area (Å²) in [5, 5.41) is 3.28. The van der Waals surface area contributed by atoms with Gasteiger partial charge in [-0.1, -0.05) is 0 Å². The van der Waals surface area contributed by atoms with Crippen molar-refractivity contribution in [1.82, 2.24) is 10.2 Å². The van der Waals surface area contributed by atoms with Crippen LogP contribution in [0.5, 0.6) is 0 Å². The first-order chi connectivity index (χ1) is 5.79. The Morgan fingerprint density at radius 1 is 1.38 bits per heavy atom. The summed E-state index contributed by atoms with van der Waals surface area (Å²) in [5.41, 5.74) is 5.04. The van der Waals surface area contributed by atoms with Crippen LogP contribution in [0.1, 0.15) is 12.8 Å². The molecule has 72 valence electrons. The predicted octanol–water partition coefficient (Wildman–Crippen LogP) is -0.845. The standard InChI is InChI=1S/C8H17N3O.Zn/c9-8(12)2-1-5-11-6-3-10-4-7-11;/h10H,1-7H2,(H2,9,12);. The van der Waals surface area contributed by atoms with E-state index in [9.17, 15) is 4.79 Å². The average molecular weight is 237 g/mol. The molecule has 0 aromatic carbocycles. The maximum Gasteiger partial charge on any atom is 0.217 e. The number of nitrogens with two attached hydrogens (primary N) is 1. The number of amides is 1. The number of carbonyl (C=O) groups excluding carboxylic acids is 1. The van der Waals surface area contributed by atoms with Crippen molar-refractivity contribution in [3.63, 3.8) is 0 Å². The maximum absolute atomic E-state index is 10.4. The minimum Gasteiger partial charge on any atom is -0.370 e. The topological polar surface area (TPSA) is 58.4 Å². The van der Waals surface area contributed by atoms with Gasteiger partial charge in [0.1, 0.15) is 0 Å². The Hall–Kier alpha value is 0.0134. The maximum atomic E-state index is 10.4. The molecule has 0 aromatic rings. The molecule has 1 heterocycles. The summed E-state index contributed by atoms with van der Waals surface area (Å²) in [6.07, 6.45) is 1.42. The van der Waals surface area contributed by atoms with E-state index in [-0.39, 0.29) is 25.4 Å². The zero-order valence-corrected chi connectivity index (χ0v) is 11.1. The van der Waals surface area contributed by atoms with Gasteiger partial charge in [0.25, 0.3) is 0 Å². The summed E-state index contributed by atoms with van der Waals surface area (Å²) in [4.78, 5) is 12.8. The number of piperazine rings is 1. The fourth-order valence-corrected chi connectivity index (χ4v) is 1.41. The molecule has 0 unspecified atom stereocenters. The van der Waals surface area contributed by atoms with Gasteiger partial charge in [-0.05, 0) is 13.0 Å². The third kappa shape index (κ3) is 6.13. The average Bonchev–Trinajstić information content (AvgIpc) is 2.05. The van der Waals surface area contributed by atoms with E-state index in [0.717, 1.165) is 39.1 Å². The van der Waals surface area contributed by atoms with Crippen molar-refractivity contribution in [2.45, 2.75) is 12.8 Å². The zero-order valence-electron chi connectivity index (χ0n) is 8.09. The van der Waals surface area contributed by atoms with Crippen molar-refractivity contribution in [2.24, 2.45) is 5.73 Å². The fourth-order valence-electron chi connectivity index (χ4n) is 1.41. The number of rotatable bonds is 4. The van der Waals surface area contributed by atoms with Crippen LogP contribution in [-0.4, -0.2) is 43.5 Å². The van der Waals surface area contributed by atoms with Gasteiger partial charge < -0.3 is 16.0 Å². The molecule has 5 heteroatoms. The predicted molar refractivity (Wildman–Crippen MR) is 47.7 cm³/mol. The summed E-state index contributed by atoms with van der Waals surface area (Å²) in [7, 11) is 0. The molecule has 4 nitrogen and oxygen atoms in total. The number of nitrogens with zero attached hydrogens (tertiary/aromatic N) is 1. The van der Waals surface area contributed by atoms with Gasteiger partial charge in [-0.15, -0.1) is 0 Å². The molecule has 13 heavy (non-hydrogen) atoms. The van der Waals surface area contributed by atoms with Crippen LogP contribution in [0.25, 0.3) is 0 Å². The molecule has 1 amide bonds. The second-order valence-electron chi connectivity index (χ2n) is 3.16. The van der Waals surface area contributed by atoms with Crippen molar-refractivity contribution in [1.29, 1.82) is 0 Å². The molecule has 1 aliphatic rings. The smallest absolute Gasteiger partial charge is 0.217 e. The van der Waals surface area contributed by atoms with Crippen molar-refractivity contribution < 1.29 is 24.3 Å². The second kappa shape index (κ2) is 7.42. The van der Waals surface area contributed by atoms with E-state index in [1.165, 1.54) is 0 Å². The number of carbonyl (C=O) groups is 1. The van der Waals surface area contributed by atoms with Crippen LogP contribution in [-0.2, 0) is 24.3 Å². The van der Waals surface area contributed by atoms with Gasteiger partial charge in [-0.25, -0.2) is 0 Å². The van der Waals surface area contributed by atoms with Crippen molar-refractivity contribution in [3.05, 3.63) is 0 Å². The van der Waals surface area contributed by atoms with E-state index in [0.29, 0.717) is 6.42 Å². The molecule has 0 atom stereocenters. The molecule has 3 N–H and O–H groups in total. The minimum atomic E-state index is -0.190. The van der Waals surface area contributed by atoms with E-state index in [2.05, 4.69) is 10.2 Å². The number of hydrogen-bond donors (Lipinski definition) is 2. The monoisotopic (exact) mass is 235 g/mol. The molecular formula is C8H17N3OZn. The van der Waals surface area contributed by atoms with Crippen LogP contribution in [0.2, 0.25) is 0 Å². The first-order valence-electron chi connectivity index (χ1n) is 4.50. The van der Waals surface area contributed by atoms with Crippen molar-refractivity contribution in [2.75, 3.05) is 32.7 Å². The van der Waals surface area contributed by atoms with Gasteiger partial charge in [0.15, 0.2) is 0 Å². The molecule has 1 saturated heterocycles. The van der Waals surface area contributed by atoms with Crippen LogP contribution < -0.4 is 11.1 Å². The van der Waals surface area contributed by atoms with Crippen molar-refractivity contribution in [3.8, 4) is 0 Å². The molecule has 0 aliphatic carbocycles. The van der Waals surface area contributed by atoms with Gasteiger partial charge in [0.05, 0.1) is 0 Å². The van der Waals surface area contributed by atoms with E-state index < -0.39 is 0 Å². The van der Waals surface area contributed by atoms with E-state index in [1.54, 1.807) is 0 Å². The first-order valence-corrected chi connectivity index (χ1v) is 4.50. The SMILES string of the molecule is NC(=O)CCCN1CCNCC1.[Zn]. The molecule has 0 bridgehead atoms. The number of primary amides is 1. The summed E-state index contributed by atoms with van der Waals surface area (Å²) in [6, 6.07) is 0. The fraction of sp³-hybridized carbons (Fsp3) is 0.875. The molecular weight excluding hydrogens is 219 g/mol. The van der Waals surface area contributed by atoms with Gasteiger partial charge in [-0.3, -0.25) is 4.79 Å². The van der Waals surface area contributed by atoms with Crippen LogP contribution in [0.15, 0.2) is 0 Å². The van der Waals surface area contributed by atoms with Crippen molar-refractivity contribution >= 4 is 5.91 Å². The summed E-state index contributed by atoms with van der Waals surface area (Å²) in [5.74, 6) is -0.190. The van der Waals surface area contributed by atoms with Crippen LogP contribution in [0, 0.1) is 0 Å². The Labute approximate surface area is 92.0 Å². The largest absolute Gasteiger partial charge is 0.370 e. The Bertz CT molecular complexity index is 148. The summed E-state index contributed by atoms with van der Waals surface area (Å²) >= 11 is 0. The Balaban J connectivity index is 0.00000144. The van der Waals surface area contributed by atoms with Crippen LogP contribution >= 0.6 is 0 Å². The molecule has 0 radical (unpaired) electrons. The van der Waals surface area contributed by atoms with Crippen LogP contribution in [0.3, 0.4) is 0 Å². The van der Waals surface area contributed by atoms with Gasteiger partial charge in [0, 0.05) is 52.1 Å². The third-order valence-electron chi connectivity index (χ3n) is 2.11. The van der Waals surface area contributed by atoms with Crippen LogP contribution in [0.4, 0.5) is 0 Å². The molecule has 0 saturated carbocycles. The summed E-state index contributed by atoms with van der Waals surface area (Å²) in [6.45, 7) is 5.33. The van der Waals surface area contributed by atoms with Gasteiger partial charge in [0.2, 0.25) is 5.91 Å². The Morgan fingerprint density at radius 3 is 2.54 bits per heavy atom. The quantitative estimate of drug-likeness (QED) is 0.626. The molecule has 0 spiro atoms. The summed E-state index contributed by atoms with van der Waals surface area (Å²) < 4.78 is 0. The Morgan fingerprint density at radius 2 is 2.00 bits per heavy atom. The number of nitrogens with one attached hydrogen (secondary N) is 1. The van der Waals surface area contributed by atoms with Gasteiger partial charge >= 0.3 is 0 Å². The van der Waals surface area contributed by atoms with E-state index in [4.69, 9.17) is 5.73 Å². The molecule has 1 aliphatic heterocycles. The van der Waals surface area contributed by atoms with Gasteiger partial charge in [-0.2, -0.15) is 0 Å². The second-order valence-corrected chi connectivity index (χ2v) is 3.16. The van der Waals surface area contributed by atoms with E-state index >= 15 is 0 Å². The third-order valence-corrected chi connectivity index (χ3v) is 2.11.